The van der Waals surface area contributed by atoms with E-state index in [1.807, 2.05) is 18.2 Å². The Balaban J connectivity index is 1.48. The molecule has 0 fully saturated rings. The van der Waals surface area contributed by atoms with Crippen LogP contribution in [0.15, 0.2) is 57.3 Å². The predicted molar refractivity (Wildman–Crippen MR) is 92.3 cm³/mol. The molecule has 1 amide bonds. The van der Waals surface area contributed by atoms with Gasteiger partial charge in [-0.2, -0.15) is 4.57 Å². The number of aryl methyl sites for hydroxylation is 1. The van der Waals surface area contributed by atoms with Crippen LogP contribution in [0.3, 0.4) is 0 Å². The molecule has 0 atom stereocenters. The van der Waals surface area contributed by atoms with Crippen molar-refractivity contribution in [2.45, 2.75) is 19.3 Å². The highest BCUT2D eigenvalue weighted by atomic mass is 32.1. The molecule has 1 aromatic carbocycles. The second-order valence-corrected chi connectivity index (χ2v) is 6.14. The summed E-state index contributed by atoms with van der Waals surface area (Å²) in [5, 5.41) is 5.08. The van der Waals surface area contributed by atoms with Crippen LogP contribution in [0.4, 0.5) is 4.79 Å². The summed E-state index contributed by atoms with van der Waals surface area (Å²) in [5.41, 5.74) is 1.28. The Bertz CT molecular complexity index is 838. The van der Waals surface area contributed by atoms with Gasteiger partial charge in [-0.15, -0.1) is 11.3 Å². The number of thiazole rings is 1. The van der Waals surface area contributed by atoms with E-state index in [1.54, 1.807) is 11.6 Å². The molecular formula is C17H17N3O3S. The van der Waals surface area contributed by atoms with Crippen LogP contribution >= 0.6 is 11.3 Å². The van der Waals surface area contributed by atoms with E-state index in [1.165, 1.54) is 23.1 Å². The Labute approximate surface area is 142 Å². The van der Waals surface area contributed by atoms with Crippen LogP contribution in [-0.2, 0) is 6.42 Å². The second kappa shape index (κ2) is 7.74. The van der Waals surface area contributed by atoms with E-state index in [9.17, 15) is 9.59 Å². The number of hydrogen-bond acceptors (Lipinski definition) is 5. The molecule has 3 aromatic rings. The average Bonchev–Trinajstić information content (AvgIpc) is 3.24. The van der Waals surface area contributed by atoms with Gasteiger partial charge in [0.05, 0.1) is 6.20 Å². The monoisotopic (exact) mass is 343 g/mol. The van der Waals surface area contributed by atoms with Crippen molar-refractivity contribution in [1.29, 1.82) is 0 Å². The molecule has 0 aliphatic rings. The van der Waals surface area contributed by atoms with Crippen molar-refractivity contribution < 1.29 is 9.21 Å². The molecule has 0 bridgehead atoms. The molecule has 2 aromatic heterocycles. The topological polar surface area (TPSA) is 77.1 Å². The van der Waals surface area contributed by atoms with E-state index >= 15 is 0 Å². The molecule has 6 nitrogen and oxygen atoms in total. The first-order valence-corrected chi connectivity index (χ1v) is 8.56. The third kappa shape index (κ3) is 3.99. The van der Waals surface area contributed by atoms with Gasteiger partial charge >= 0.3 is 11.8 Å². The molecule has 24 heavy (non-hydrogen) atoms. The first kappa shape index (κ1) is 16.2. The average molecular weight is 343 g/mol. The summed E-state index contributed by atoms with van der Waals surface area (Å²) in [4.78, 5) is 27.9. The number of carbonyl (C=O) groups is 1. The van der Waals surface area contributed by atoms with Crippen molar-refractivity contribution in [3.8, 4) is 10.8 Å². The Kier molecular flexibility index (Phi) is 5.22. The van der Waals surface area contributed by atoms with Crippen LogP contribution in [0.1, 0.15) is 18.4 Å². The predicted octanol–water partition coefficient (Wildman–Crippen LogP) is 3.15. The van der Waals surface area contributed by atoms with Crippen LogP contribution in [-0.4, -0.2) is 22.1 Å². The number of hydrogen-bond donors (Lipinski definition) is 1. The van der Waals surface area contributed by atoms with Gasteiger partial charge < -0.3 is 9.73 Å². The number of nitrogens with one attached hydrogen (secondary N) is 1. The van der Waals surface area contributed by atoms with Crippen LogP contribution in [0.25, 0.3) is 10.8 Å². The lowest BCUT2D eigenvalue weighted by Gasteiger charge is -2.04. The number of carbonyl (C=O) groups excluding carboxylic acids is 1. The van der Waals surface area contributed by atoms with Gasteiger partial charge in [-0.05, 0) is 24.8 Å². The van der Waals surface area contributed by atoms with Crippen LogP contribution in [0.2, 0.25) is 0 Å². The second-order valence-electron chi connectivity index (χ2n) is 5.24. The summed E-state index contributed by atoms with van der Waals surface area (Å²) in [6, 6.07) is 9.72. The quantitative estimate of drug-likeness (QED) is 0.698. The molecule has 0 radical (unpaired) electrons. The summed E-state index contributed by atoms with van der Waals surface area (Å²) < 4.78 is 6.00. The molecule has 0 spiro atoms. The number of unbranched alkanes of at least 4 members (excludes halogenated alkanes) is 1. The van der Waals surface area contributed by atoms with Crippen LogP contribution < -0.4 is 11.1 Å². The van der Waals surface area contributed by atoms with Gasteiger partial charge in [0.15, 0.2) is 10.8 Å². The SMILES string of the molecule is O=C(NCCCCc1ccccc1)n1cc(-c2nccs2)oc1=O. The minimum atomic E-state index is -0.706. The summed E-state index contributed by atoms with van der Waals surface area (Å²) in [6.45, 7) is 0.510. The normalized spacial score (nSPS) is 10.7. The summed E-state index contributed by atoms with van der Waals surface area (Å²) >= 11 is 1.34. The van der Waals surface area contributed by atoms with Gasteiger partial charge in [-0.25, -0.2) is 14.6 Å². The fourth-order valence-corrected chi connectivity index (χ4v) is 2.89. The Morgan fingerprint density at radius 3 is 2.83 bits per heavy atom. The van der Waals surface area contributed by atoms with Gasteiger partial charge in [0, 0.05) is 18.1 Å². The molecule has 0 aliphatic carbocycles. The van der Waals surface area contributed by atoms with E-state index in [0.717, 1.165) is 23.8 Å². The lowest BCUT2D eigenvalue weighted by atomic mass is 10.1. The van der Waals surface area contributed by atoms with Crippen LogP contribution in [0, 0.1) is 0 Å². The van der Waals surface area contributed by atoms with E-state index in [2.05, 4.69) is 22.4 Å². The zero-order chi connectivity index (χ0) is 16.8. The summed E-state index contributed by atoms with van der Waals surface area (Å²) in [5.74, 6) is -0.406. The first-order valence-electron chi connectivity index (χ1n) is 7.68. The lowest BCUT2D eigenvalue weighted by Crippen LogP contribution is -2.34. The van der Waals surface area contributed by atoms with Crippen molar-refractivity contribution >= 4 is 17.4 Å². The number of nitrogens with zero attached hydrogens (tertiary/aromatic N) is 2. The number of aromatic nitrogens is 2. The molecular weight excluding hydrogens is 326 g/mol. The molecule has 7 heteroatoms. The third-order valence-corrected chi connectivity index (χ3v) is 4.30. The van der Waals surface area contributed by atoms with Crippen LogP contribution in [0.5, 0.6) is 0 Å². The van der Waals surface area contributed by atoms with Crippen molar-refractivity contribution in [3.05, 3.63) is 64.2 Å². The molecule has 2 heterocycles. The highest BCUT2D eigenvalue weighted by Gasteiger charge is 2.14. The summed E-state index contributed by atoms with van der Waals surface area (Å²) in [7, 11) is 0. The molecule has 0 unspecified atom stereocenters. The standard InChI is InChI=1S/C17H17N3O3S/c21-16(19-9-5-4-8-13-6-2-1-3-7-13)20-12-14(23-17(20)22)15-18-10-11-24-15/h1-3,6-7,10-12H,4-5,8-9H2,(H,19,21). The minimum absolute atomic E-state index is 0.300. The maximum atomic E-state index is 12.1. The molecule has 0 aliphatic heterocycles. The smallest absolute Gasteiger partial charge is 0.405 e. The first-order chi connectivity index (χ1) is 11.7. The fraction of sp³-hybridized carbons (Fsp3) is 0.235. The zero-order valence-electron chi connectivity index (χ0n) is 13.0. The van der Waals surface area contributed by atoms with Gasteiger partial charge in [-0.1, -0.05) is 30.3 Å². The highest BCUT2D eigenvalue weighted by molar-refractivity contribution is 7.13. The van der Waals surface area contributed by atoms with E-state index < -0.39 is 11.8 Å². The lowest BCUT2D eigenvalue weighted by molar-refractivity contribution is 0.240. The van der Waals surface area contributed by atoms with Crippen molar-refractivity contribution in [3.63, 3.8) is 0 Å². The Morgan fingerprint density at radius 1 is 1.25 bits per heavy atom. The Hall–Kier alpha value is -2.67. The van der Waals surface area contributed by atoms with E-state index in [4.69, 9.17) is 4.42 Å². The van der Waals surface area contributed by atoms with E-state index in [0.29, 0.717) is 17.3 Å². The fourth-order valence-electron chi connectivity index (χ4n) is 2.30. The number of amides is 1. The third-order valence-electron chi connectivity index (χ3n) is 3.51. The van der Waals surface area contributed by atoms with Gasteiger partial charge in [0.25, 0.3) is 0 Å². The number of rotatable bonds is 6. The van der Waals surface area contributed by atoms with Gasteiger partial charge in [0.1, 0.15) is 0 Å². The van der Waals surface area contributed by atoms with Gasteiger partial charge in [-0.3, -0.25) is 0 Å². The van der Waals surface area contributed by atoms with Gasteiger partial charge in [0.2, 0.25) is 0 Å². The van der Waals surface area contributed by atoms with E-state index in [-0.39, 0.29) is 0 Å². The Morgan fingerprint density at radius 2 is 2.08 bits per heavy atom. The number of benzene rings is 1. The molecule has 0 saturated carbocycles. The summed E-state index contributed by atoms with van der Waals surface area (Å²) in [6.07, 6.45) is 5.77. The minimum Gasteiger partial charge on any atom is -0.405 e. The van der Waals surface area contributed by atoms with Crippen molar-refractivity contribution in [2.75, 3.05) is 6.54 Å². The molecule has 3 rings (SSSR count). The van der Waals surface area contributed by atoms with Crippen molar-refractivity contribution in [2.24, 2.45) is 0 Å². The molecule has 0 saturated heterocycles. The number of oxazole rings is 1. The van der Waals surface area contributed by atoms with Crippen molar-refractivity contribution in [1.82, 2.24) is 14.9 Å². The maximum Gasteiger partial charge on any atom is 0.427 e. The zero-order valence-corrected chi connectivity index (χ0v) is 13.8. The molecule has 124 valence electrons. The highest BCUT2D eigenvalue weighted by Crippen LogP contribution is 2.19. The molecule has 1 N–H and O–H groups in total. The largest absolute Gasteiger partial charge is 0.427 e. The maximum absolute atomic E-state index is 12.1.